The summed E-state index contributed by atoms with van der Waals surface area (Å²) < 4.78 is 1.15. The minimum Gasteiger partial charge on any atom is -0.260 e. The molecule has 2 heteroatoms. The van der Waals surface area contributed by atoms with E-state index < -0.39 is 0 Å². The molecule has 1 nitrogen and oxygen atoms in total. The normalized spacial score (nSPS) is 10.6. The molecule has 0 aliphatic rings. The van der Waals surface area contributed by atoms with Gasteiger partial charge in [-0.15, -0.1) is 0 Å². The molecule has 1 aromatic heterocycles. The molecule has 0 fully saturated rings. The SMILES string of the molecule is Cc1nccc(C(C)C)c1Br. The van der Waals surface area contributed by atoms with Gasteiger partial charge in [0.2, 0.25) is 0 Å². The average molecular weight is 214 g/mol. The third-order valence-corrected chi connectivity index (χ3v) is 2.75. The van der Waals surface area contributed by atoms with Crippen LogP contribution in [0.25, 0.3) is 0 Å². The number of aryl methyl sites for hydroxylation is 1. The summed E-state index contributed by atoms with van der Waals surface area (Å²) in [5, 5.41) is 0. The lowest BCUT2D eigenvalue weighted by Gasteiger charge is -2.08. The second-order valence-electron chi connectivity index (χ2n) is 2.95. The first-order chi connectivity index (χ1) is 5.13. The lowest BCUT2D eigenvalue weighted by molar-refractivity contribution is 0.852. The van der Waals surface area contributed by atoms with E-state index in [1.165, 1.54) is 5.56 Å². The molecule has 11 heavy (non-hydrogen) atoms. The predicted octanol–water partition coefficient (Wildman–Crippen LogP) is 3.28. The molecular weight excluding hydrogens is 202 g/mol. The van der Waals surface area contributed by atoms with Crippen LogP contribution in [0.4, 0.5) is 0 Å². The Morgan fingerprint density at radius 2 is 2.09 bits per heavy atom. The summed E-state index contributed by atoms with van der Waals surface area (Å²) in [6.07, 6.45) is 1.86. The molecule has 0 aliphatic heterocycles. The maximum Gasteiger partial charge on any atom is 0.0517 e. The third kappa shape index (κ3) is 1.80. The standard InChI is InChI=1S/C9H12BrN/c1-6(2)8-4-5-11-7(3)9(8)10/h4-6H,1-3H3. The highest BCUT2D eigenvalue weighted by molar-refractivity contribution is 9.10. The maximum atomic E-state index is 4.17. The molecule has 0 bridgehead atoms. The van der Waals surface area contributed by atoms with E-state index in [1.54, 1.807) is 0 Å². The van der Waals surface area contributed by atoms with Crippen LogP contribution in [-0.4, -0.2) is 4.98 Å². The lowest BCUT2D eigenvalue weighted by atomic mass is 10.0. The monoisotopic (exact) mass is 213 g/mol. The van der Waals surface area contributed by atoms with E-state index in [0.29, 0.717) is 5.92 Å². The van der Waals surface area contributed by atoms with Crippen molar-refractivity contribution in [2.75, 3.05) is 0 Å². The summed E-state index contributed by atoms with van der Waals surface area (Å²) in [5.41, 5.74) is 2.40. The molecule has 1 aromatic rings. The molecule has 0 aromatic carbocycles. The summed E-state index contributed by atoms with van der Waals surface area (Å²) >= 11 is 3.52. The third-order valence-electron chi connectivity index (χ3n) is 1.72. The van der Waals surface area contributed by atoms with Crippen molar-refractivity contribution >= 4 is 15.9 Å². The molecule has 0 amide bonds. The van der Waals surface area contributed by atoms with E-state index in [9.17, 15) is 0 Å². The summed E-state index contributed by atoms with van der Waals surface area (Å²) in [4.78, 5) is 4.17. The Bertz CT molecular complexity index is 256. The molecule has 0 saturated carbocycles. The van der Waals surface area contributed by atoms with Gasteiger partial charge < -0.3 is 0 Å². The molecule has 0 aliphatic carbocycles. The van der Waals surface area contributed by atoms with Gasteiger partial charge in [0.1, 0.15) is 0 Å². The van der Waals surface area contributed by atoms with Crippen LogP contribution >= 0.6 is 15.9 Å². The molecule has 0 saturated heterocycles. The van der Waals surface area contributed by atoms with Crippen LogP contribution in [-0.2, 0) is 0 Å². The molecule has 1 rings (SSSR count). The number of hydrogen-bond donors (Lipinski definition) is 0. The first kappa shape index (κ1) is 8.72. The van der Waals surface area contributed by atoms with E-state index >= 15 is 0 Å². The van der Waals surface area contributed by atoms with Gasteiger partial charge in [-0.1, -0.05) is 13.8 Å². The molecule has 0 atom stereocenters. The van der Waals surface area contributed by atoms with Crippen molar-refractivity contribution in [3.05, 3.63) is 28.0 Å². The molecule has 1 heterocycles. The molecular formula is C9H12BrN. The van der Waals surface area contributed by atoms with Crippen LogP contribution in [0.5, 0.6) is 0 Å². The highest BCUT2D eigenvalue weighted by Crippen LogP contribution is 2.25. The molecule has 0 spiro atoms. The average Bonchev–Trinajstić information content (AvgIpc) is 1.94. The zero-order valence-corrected chi connectivity index (χ0v) is 8.64. The van der Waals surface area contributed by atoms with Gasteiger partial charge in [0, 0.05) is 10.7 Å². The van der Waals surface area contributed by atoms with Gasteiger partial charge in [0.15, 0.2) is 0 Å². The van der Waals surface area contributed by atoms with Crippen LogP contribution in [0.3, 0.4) is 0 Å². The first-order valence-electron chi connectivity index (χ1n) is 3.74. The Kier molecular flexibility index (Phi) is 2.66. The molecule has 60 valence electrons. The number of hydrogen-bond acceptors (Lipinski definition) is 1. The highest BCUT2D eigenvalue weighted by atomic mass is 79.9. The van der Waals surface area contributed by atoms with E-state index in [4.69, 9.17) is 0 Å². The van der Waals surface area contributed by atoms with Gasteiger partial charge in [0.25, 0.3) is 0 Å². The van der Waals surface area contributed by atoms with Crippen molar-refractivity contribution in [1.29, 1.82) is 0 Å². The van der Waals surface area contributed by atoms with Crippen molar-refractivity contribution in [2.24, 2.45) is 0 Å². The smallest absolute Gasteiger partial charge is 0.0517 e. The van der Waals surface area contributed by atoms with E-state index in [-0.39, 0.29) is 0 Å². The van der Waals surface area contributed by atoms with Crippen LogP contribution in [0, 0.1) is 6.92 Å². The quantitative estimate of drug-likeness (QED) is 0.699. The second-order valence-corrected chi connectivity index (χ2v) is 3.75. The maximum absolute atomic E-state index is 4.17. The first-order valence-corrected chi connectivity index (χ1v) is 4.53. The number of halogens is 1. The number of rotatable bonds is 1. The van der Waals surface area contributed by atoms with Crippen molar-refractivity contribution in [1.82, 2.24) is 4.98 Å². The van der Waals surface area contributed by atoms with Crippen LogP contribution in [0.1, 0.15) is 31.0 Å². The van der Waals surface area contributed by atoms with E-state index in [1.807, 2.05) is 13.1 Å². The topological polar surface area (TPSA) is 12.9 Å². The van der Waals surface area contributed by atoms with Gasteiger partial charge in [-0.2, -0.15) is 0 Å². The zero-order valence-electron chi connectivity index (χ0n) is 7.06. The van der Waals surface area contributed by atoms with Crippen LogP contribution in [0.2, 0.25) is 0 Å². The van der Waals surface area contributed by atoms with Gasteiger partial charge >= 0.3 is 0 Å². The van der Waals surface area contributed by atoms with Crippen LogP contribution < -0.4 is 0 Å². The van der Waals surface area contributed by atoms with Crippen molar-refractivity contribution in [3.8, 4) is 0 Å². The summed E-state index contributed by atoms with van der Waals surface area (Å²) in [6, 6.07) is 2.06. The van der Waals surface area contributed by atoms with Gasteiger partial charge in [-0.3, -0.25) is 4.98 Å². The van der Waals surface area contributed by atoms with Gasteiger partial charge in [-0.05, 0) is 40.4 Å². The van der Waals surface area contributed by atoms with Crippen molar-refractivity contribution in [3.63, 3.8) is 0 Å². The molecule has 0 radical (unpaired) electrons. The number of aromatic nitrogens is 1. The van der Waals surface area contributed by atoms with Crippen molar-refractivity contribution in [2.45, 2.75) is 26.7 Å². The minimum atomic E-state index is 0.561. The van der Waals surface area contributed by atoms with Gasteiger partial charge in [-0.25, -0.2) is 0 Å². The highest BCUT2D eigenvalue weighted by Gasteiger charge is 2.05. The van der Waals surface area contributed by atoms with E-state index in [0.717, 1.165) is 10.2 Å². The second kappa shape index (κ2) is 3.35. The van der Waals surface area contributed by atoms with Gasteiger partial charge in [0.05, 0.1) is 5.69 Å². The fraction of sp³-hybridized carbons (Fsp3) is 0.444. The fourth-order valence-corrected chi connectivity index (χ4v) is 1.71. The largest absolute Gasteiger partial charge is 0.260 e. The van der Waals surface area contributed by atoms with Crippen molar-refractivity contribution < 1.29 is 0 Å². The number of pyridine rings is 1. The lowest BCUT2D eigenvalue weighted by Crippen LogP contribution is -1.92. The Morgan fingerprint density at radius 1 is 1.45 bits per heavy atom. The Morgan fingerprint density at radius 3 is 2.55 bits per heavy atom. The Labute approximate surface area is 76.0 Å². The summed E-state index contributed by atoms with van der Waals surface area (Å²) in [7, 11) is 0. The molecule has 0 N–H and O–H groups in total. The zero-order chi connectivity index (χ0) is 8.43. The Balaban J connectivity index is 3.17. The number of nitrogens with zero attached hydrogens (tertiary/aromatic N) is 1. The Hall–Kier alpha value is -0.370. The molecule has 0 unspecified atom stereocenters. The summed E-state index contributed by atoms with van der Waals surface area (Å²) in [5.74, 6) is 0.561. The predicted molar refractivity (Wildman–Crippen MR) is 50.8 cm³/mol. The van der Waals surface area contributed by atoms with E-state index in [2.05, 4.69) is 40.8 Å². The van der Waals surface area contributed by atoms with Crippen LogP contribution in [0.15, 0.2) is 16.7 Å². The minimum absolute atomic E-state index is 0.561. The fourth-order valence-electron chi connectivity index (χ4n) is 1.01. The summed E-state index contributed by atoms with van der Waals surface area (Å²) in [6.45, 7) is 6.37.